The van der Waals surface area contributed by atoms with Crippen molar-refractivity contribution in [1.29, 1.82) is 0 Å². The van der Waals surface area contributed by atoms with Gasteiger partial charge >= 0.3 is 0 Å². The van der Waals surface area contributed by atoms with E-state index in [1.165, 1.54) is 12.1 Å². The molecule has 1 saturated heterocycles. The molecule has 1 N–H and O–H groups in total. The van der Waals surface area contributed by atoms with Crippen LogP contribution >= 0.6 is 0 Å². The number of hydrogen-bond donors (Lipinski definition) is 1. The second-order valence-corrected chi connectivity index (χ2v) is 7.81. The summed E-state index contributed by atoms with van der Waals surface area (Å²) in [6, 6.07) is 6.00. The highest BCUT2D eigenvalue weighted by Gasteiger charge is 2.28. The number of piperidine rings is 1. The molecule has 1 fully saturated rings. The largest absolute Gasteiger partial charge is 0.348 e. The third kappa shape index (κ3) is 5.16. The van der Waals surface area contributed by atoms with Crippen LogP contribution < -0.4 is 5.32 Å². The molecule has 1 aromatic carbocycles. The molecule has 1 aliphatic rings. The molecule has 1 atom stereocenters. The van der Waals surface area contributed by atoms with Crippen LogP contribution in [0.3, 0.4) is 0 Å². The quantitative estimate of drug-likeness (QED) is 0.839. The fourth-order valence-corrected chi connectivity index (χ4v) is 3.54. The van der Waals surface area contributed by atoms with Gasteiger partial charge in [0.1, 0.15) is 11.6 Å². The lowest BCUT2D eigenvalue weighted by molar-refractivity contribution is -0.135. The summed E-state index contributed by atoms with van der Waals surface area (Å²) >= 11 is 0. The van der Waals surface area contributed by atoms with Crippen LogP contribution in [0.5, 0.6) is 0 Å². The summed E-state index contributed by atoms with van der Waals surface area (Å²) in [5.74, 6) is 0.321. The van der Waals surface area contributed by atoms with Crippen molar-refractivity contribution in [2.75, 3.05) is 13.1 Å². The van der Waals surface area contributed by atoms with Crippen LogP contribution in [0.2, 0.25) is 0 Å². The Morgan fingerprint density at radius 2 is 2.00 bits per heavy atom. The summed E-state index contributed by atoms with van der Waals surface area (Å²) in [6.45, 7) is 7.30. The van der Waals surface area contributed by atoms with Crippen LogP contribution in [-0.2, 0) is 11.3 Å². The van der Waals surface area contributed by atoms with Gasteiger partial charge in [0.15, 0.2) is 0 Å². The number of aromatic nitrogens is 2. The third-order valence-electron chi connectivity index (χ3n) is 5.20. The molecule has 2 aromatic rings. The van der Waals surface area contributed by atoms with Gasteiger partial charge in [0.05, 0.1) is 11.3 Å². The van der Waals surface area contributed by atoms with Crippen molar-refractivity contribution in [2.45, 2.75) is 46.1 Å². The highest BCUT2D eigenvalue weighted by molar-refractivity contribution is 5.94. The molecule has 3 rings (SSSR count). The molecule has 2 heterocycles. The van der Waals surface area contributed by atoms with E-state index in [4.69, 9.17) is 0 Å². The molecule has 7 heteroatoms. The SMILES string of the molecule is Cc1nc([C@@H]2CCCN(C(=O)C(C)C)C2)ncc1C(=O)NCc1ccc(F)cc1. The molecular weight excluding hydrogens is 371 g/mol. The van der Waals surface area contributed by atoms with Gasteiger partial charge in [-0.3, -0.25) is 9.59 Å². The number of rotatable bonds is 5. The van der Waals surface area contributed by atoms with Crippen molar-refractivity contribution < 1.29 is 14.0 Å². The predicted octanol–water partition coefficient (Wildman–Crippen LogP) is 3.22. The van der Waals surface area contributed by atoms with E-state index in [1.54, 1.807) is 25.3 Å². The van der Waals surface area contributed by atoms with Crippen LogP contribution in [-0.4, -0.2) is 39.8 Å². The first-order valence-electron chi connectivity index (χ1n) is 10.00. The first-order chi connectivity index (χ1) is 13.8. The van der Waals surface area contributed by atoms with Gasteiger partial charge in [0.25, 0.3) is 5.91 Å². The van der Waals surface area contributed by atoms with Crippen LogP contribution in [0.15, 0.2) is 30.5 Å². The van der Waals surface area contributed by atoms with Crippen molar-refractivity contribution in [1.82, 2.24) is 20.2 Å². The monoisotopic (exact) mass is 398 g/mol. The Hall–Kier alpha value is -2.83. The maximum atomic E-state index is 13.0. The van der Waals surface area contributed by atoms with Gasteiger partial charge in [-0.1, -0.05) is 26.0 Å². The summed E-state index contributed by atoms with van der Waals surface area (Å²) in [6.07, 6.45) is 3.41. The Morgan fingerprint density at radius 3 is 2.66 bits per heavy atom. The minimum atomic E-state index is -0.309. The number of amides is 2. The molecule has 0 spiro atoms. The van der Waals surface area contributed by atoms with Gasteiger partial charge in [-0.2, -0.15) is 0 Å². The van der Waals surface area contributed by atoms with Crippen molar-refractivity contribution in [2.24, 2.45) is 5.92 Å². The summed E-state index contributed by atoms with van der Waals surface area (Å²) < 4.78 is 13.0. The van der Waals surface area contributed by atoms with Gasteiger partial charge < -0.3 is 10.2 Å². The number of hydrogen-bond acceptors (Lipinski definition) is 4. The number of nitrogens with zero attached hydrogens (tertiary/aromatic N) is 3. The molecule has 0 saturated carbocycles. The van der Waals surface area contributed by atoms with Gasteiger partial charge in [-0.05, 0) is 37.5 Å². The van der Waals surface area contributed by atoms with Crippen LogP contribution in [0.4, 0.5) is 4.39 Å². The van der Waals surface area contributed by atoms with Crippen molar-refractivity contribution >= 4 is 11.8 Å². The molecule has 154 valence electrons. The molecule has 29 heavy (non-hydrogen) atoms. The van der Waals surface area contributed by atoms with E-state index >= 15 is 0 Å². The molecule has 1 aliphatic heterocycles. The van der Waals surface area contributed by atoms with Crippen molar-refractivity contribution in [3.05, 3.63) is 58.9 Å². The number of carbonyl (C=O) groups excluding carboxylic acids is 2. The lowest BCUT2D eigenvalue weighted by atomic mass is 9.96. The summed E-state index contributed by atoms with van der Waals surface area (Å²) in [7, 11) is 0. The van der Waals surface area contributed by atoms with Gasteiger partial charge in [0.2, 0.25) is 5.91 Å². The Morgan fingerprint density at radius 1 is 1.28 bits per heavy atom. The highest BCUT2D eigenvalue weighted by Crippen LogP contribution is 2.26. The molecule has 2 amide bonds. The first kappa shape index (κ1) is 20.9. The van der Waals surface area contributed by atoms with Gasteiger partial charge in [-0.25, -0.2) is 14.4 Å². The number of halogens is 1. The number of carbonyl (C=O) groups is 2. The minimum absolute atomic E-state index is 0.0245. The fraction of sp³-hybridized carbons (Fsp3) is 0.455. The lowest BCUT2D eigenvalue weighted by Gasteiger charge is -2.33. The van der Waals surface area contributed by atoms with Gasteiger partial charge in [-0.15, -0.1) is 0 Å². The average molecular weight is 398 g/mol. The molecule has 0 unspecified atom stereocenters. The van der Waals surface area contributed by atoms with Crippen LogP contribution in [0.25, 0.3) is 0 Å². The van der Waals surface area contributed by atoms with Crippen LogP contribution in [0.1, 0.15) is 60.0 Å². The number of likely N-dealkylation sites (tertiary alicyclic amines) is 1. The normalized spacial score (nSPS) is 16.7. The van der Waals surface area contributed by atoms with E-state index in [0.29, 0.717) is 30.2 Å². The van der Waals surface area contributed by atoms with E-state index in [9.17, 15) is 14.0 Å². The van der Waals surface area contributed by atoms with E-state index in [1.807, 2.05) is 18.7 Å². The van der Waals surface area contributed by atoms with Crippen molar-refractivity contribution in [3.63, 3.8) is 0 Å². The number of aryl methyl sites for hydroxylation is 1. The highest BCUT2D eigenvalue weighted by atomic mass is 19.1. The number of benzene rings is 1. The molecule has 0 aliphatic carbocycles. The van der Waals surface area contributed by atoms with Crippen LogP contribution in [0, 0.1) is 18.7 Å². The Kier molecular flexibility index (Phi) is 6.56. The lowest BCUT2D eigenvalue weighted by Crippen LogP contribution is -2.41. The Balaban J connectivity index is 1.65. The zero-order valence-corrected chi connectivity index (χ0v) is 17.1. The third-order valence-corrected chi connectivity index (χ3v) is 5.20. The fourth-order valence-electron chi connectivity index (χ4n) is 3.54. The zero-order chi connectivity index (χ0) is 21.0. The molecule has 6 nitrogen and oxygen atoms in total. The molecule has 0 bridgehead atoms. The number of nitrogens with one attached hydrogen (secondary N) is 1. The smallest absolute Gasteiger partial charge is 0.254 e. The summed E-state index contributed by atoms with van der Waals surface area (Å²) in [4.78, 5) is 35.7. The maximum absolute atomic E-state index is 13.0. The molecular formula is C22H27FN4O2. The summed E-state index contributed by atoms with van der Waals surface area (Å²) in [5.41, 5.74) is 1.84. The first-order valence-corrected chi connectivity index (χ1v) is 10.00. The predicted molar refractivity (Wildman–Crippen MR) is 108 cm³/mol. The average Bonchev–Trinajstić information content (AvgIpc) is 2.72. The maximum Gasteiger partial charge on any atom is 0.254 e. The van der Waals surface area contributed by atoms with E-state index < -0.39 is 0 Å². The van der Waals surface area contributed by atoms with E-state index in [-0.39, 0.29) is 29.5 Å². The summed E-state index contributed by atoms with van der Waals surface area (Å²) in [5, 5.41) is 2.81. The van der Waals surface area contributed by atoms with Crippen molar-refractivity contribution in [3.8, 4) is 0 Å². The standard InChI is InChI=1S/C22H27FN4O2/c1-14(2)22(29)27-10-4-5-17(13-27)20-24-12-19(15(3)26-20)21(28)25-11-16-6-8-18(23)9-7-16/h6-9,12,14,17H,4-5,10-11,13H2,1-3H3,(H,25,28)/t17-/m1/s1. The second-order valence-electron chi connectivity index (χ2n) is 7.81. The van der Waals surface area contributed by atoms with E-state index in [2.05, 4.69) is 15.3 Å². The van der Waals surface area contributed by atoms with E-state index in [0.717, 1.165) is 24.9 Å². The Labute approximate surface area is 170 Å². The second kappa shape index (κ2) is 9.11. The zero-order valence-electron chi connectivity index (χ0n) is 17.1. The molecule has 1 aromatic heterocycles. The molecule has 0 radical (unpaired) electrons. The minimum Gasteiger partial charge on any atom is -0.348 e. The topological polar surface area (TPSA) is 75.2 Å². The van der Waals surface area contributed by atoms with Gasteiger partial charge in [0, 0.05) is 37.7 Å². The Bertz CT molecular complexity index is 883.